The molecule has 0 bridgehead atoms. The molecule has 0 aliphatic carbocycles. The van der Waals surface area contributed by atoms with Gasteiger partial charge in [-0.1, -0.05) is 29.5 Å². The van der Waals surface area contributed by atoms with Crippen molar-refractivity contribution < 1.29 is 0 Å². The second-order valence-corrected chi connectivity index (χ2v) is 3.27. The molecule has 0 saturated carbocycles. The minimum absolute atomic E-state index is 0.532. The van der Waals surface area contributed by atoms with Gasteiger partial charge in [-0.3, -0.25) is 0 Å². The lowest BCUT2D eigenvalue weighted by molar-refractivity contribution is 0.856. The van der Waals surface area contributed by atoms with Crippen LogP contribution in [-0.2, 0) is 0 Å². The first-order chi connectivity index (χ1) is 3.80. The van der Waals surface area contributed by atoms with Crippen LogP contribution in [-0.4, -0.2) is 16.4 Å². The van der Waals surface area contributed by atoms with E-state index in [0.29, 0.717) is 9.84 Å². The fourth-order valence-electron chi connectivity index (χ4n) is 0.464. The normalized spacial score (nSPS) is 35.8. The van der Waals surface area contributed by atoms with Crippen molar-refractivity contribution in [2.75, 3.05) is 0 Å². The van der Waals surface area contributed by atoms with Gasteiger partial charge < -0.3 is 0 Å². The first-order valence-corrected chi connectivity index (χ1v) is 3.76. The van der Waals surface area contributed by atoms with Crippen LogP contribution in [0.5, 0.6) is 0 Å². The SMILES string of the molecule is CC1C=NN=CC1I. The van der Waals surface area contributed by atoms with E-state index in [1.54, 1.807) is 0 Å². The molecule has 2 atom stereocenters. The topological polar surface area (TPSA) is 24.7 Å². The summed E-state index contributed by atoms with van der Waals surface area (Å²) in [7, 11) is 0. The molecule has 0 amide bonds. The van der Waals surface area contributed by atoms with Crippen molar-refractivity contribution in [3.63, 3.8) is 0 Å². The molecule has 0 radical (unpaired) electrons. The summed E-state index contributed by atoms with van der Waals surface area (Å²) in [5.74, 6) is 0.549. The lowest BCUT2D eigenvalue weighted by Crippen LogP contribution is -2.15. The summed E-state index contributed by atoms with van der Waals surface area (Å²) in [6, 6.07) is 0. The monoisotopic (exact) mass is 222 g/mol. The summed E-state index contributed by atoms with van der Waals surface area (Å²) in [4.78, 5) is 0. The lowest BCUT2D eigenvalue weighted by atomic mass is 10.1. The molecule has 8 heavy (non-hydrogen) atoms. The molecule has 0 aromatic carbocycles. The zero-order valence-corrected chi connectivity index (χ0v) is 6.74. The van der Waals surface area contributed by atoms with Crippen LogP contribution in [0.1, 0.15) is 6.92 Å². The highest BCUT2D eigenvalue weighted by Gasteiger charge is 2.10. The van der Waals surface area contributed by atoms with E-state index >= 15 is 0 Å². The van der Waals surface area contributed by atoms with Crippen molar-refractivity contribution in [3.05, 3.63) is 0 Å². The Morgan fingerprint density at radius 2 is 2.00 bits per heavy atom. The van der Waals surface area contributed by atoms with Crippen molar-refractivity contribution in [2.45, 2.75) is 10.8 Å². The molecule has 0 aromatic heterocycles. The van der Waals surface area contributed by atoms with Crippen LogP contribution in [0, 0.1) is 5.92 Å². The number of hydrogen-bond donors (Lipinski definition) is 0. The third-order valence-corrected chi connectivity index (χ3v) is 2.54. The minimum atomic E-state index is 0.532. The fraction of sp³-hybridized carbons (Fsp3) is 0.600. The van der Waals surface area contributed by atoms with Crippen LogP contribution in [0.25, 0.3) is 0 Å². The van der Waals surface area contributed by atoms with Gasteiger partial charge in [0, 0.05) is 18.3 Å². The van der Waals surface area contributed by atoms with E-state index in [1.165, 1.54) is 0 Å². The van der Waals surface area contributed by atoms with Crippen LogP contribution in [0.4, 0.5) is 0 Å². The molecule has 2 nitrogen and oxygen atoms in total. The molecular formula is C5H7IN2. The van der Waals surface area contributed by atoms with Gasteiger partial charge in [-0.15, -0.1) is 0 Å². The van der Waals surface area contributed by atoms with Gasteiger partial charge in [0.05, 0.1) is 3.92 Å². The standard InChI is InChI=1S/C5H7IN2/c1-4-2-7-8-3-5(4)6/h2-5H,1H3. The molecule has 0 saturated heterocycles. The quantitative estimate of drug-likeness (QED) is 0.438. The maximum atomic E-state index is 3.75. The number of halogens is 1. The van der Waals surface area contributed by atoms with Crippen molar-refractivity contribution in [2.24, 2.45) is 16.1 Å². The highest BCUT2D eigenvalue weighted by Crippen LogP contribution is 2.11. The first-order valence-electron chi connectivity index (χ1n) is 2.51. The summed E-state index contributed by atoms with van der Waals surface area (Å²) in [6.45, 7) is 2.13. The molecule has 1 rings (SSSR count). The summed E-state index contributed by atoms with van der Waals surface area (Å²) >= 11 is 2.34. The van der Waals surface area contributed by atoms with E-state index < -0.39 is 0 Å². The predicted octanol–water partition coefficient (Wildman–Crippen LogP) is 1.50. The maximum Gasteiger partial charge on any atom is 0.0557 e. The van der Waals surface area contributed by atoms with Crippen molar-refractivity contribution in [1.29, 1.82) is 0 Å². The Morgan fingerprint density at radius 1 is 1.38 bits per heavy atom. The van der Waals surface area contributed by atoms with Gasteiger partial charge >= 0.3 is 0 Å². The zero-order valence-electron chi connectivity index (χ0n) is 4.58. The molecule has 0 fully saturated rings. The van der Waals surface area contributed by atoms with Crippen molar-refractivity contribution in [1.82, 2.24) is 0 Å². The average molecular weight is 222 g/mol. The summed E-state index contributed by atoms with van der Waals surface area (Å²) in [5, 5.41) is 7.49. The number of alkyl halides is 1. The highest BCUT2D eigenvalue weighted by atomic mass is 127. The highest BCUT2D eigenvalue weighted by molar-refractivity contribution is 14.1. The molecule has 1 aliphatic rings. The van der Waals surface area contributed by atoms with Gasteiger partial charge in [0.25, 0.3) is 0 Å². The Hall–Kier alpha value is 0.0700. The van der Waals surface area contributed by atoms with Gasteiger partial charge in [-0.2, -0.15) is 10.2 Å². The van der Waals surface area contributed by atoms with E-state index in [-0.39, 0.29) is 0 Å². The maximum absolute atomic E-state index is 3.75. The molecule has 0 aromatic rings. The molecule has 1 heterocycles. The van der Waals surface area contributed by atoms with Crippen LogP contribution in [0.2, 0.25) is 0 Å². The molecule has 2 unspecified atom stereocenters. The van der Waals surface area contributed by atoms with E-state index in [1.807, 2.05) is 12.4 Å². The van der Waals surface area contributed by atoms with Crippen LogP contribution in [0.3, 0.4) is 0 Å². The fourth-order valence-corrected chi connectivity index (χ4v) is 0.793. The third kappa shape index (κ3) is 1.27. The van der Waals surface area contributed by atoms with E-state index in [2.05, 4.69) is 39.7 Å². The van der Waals surface area contributed by atoms with Gasteiger partial charge in [0.15, 0.2) is 0 Å². The number of rotatable bonds is 0. The molecule has 44 valence electrons. The number of nitrogens with zero attached hydrogens (tertiary/aromatic N) is 2. The second kappa shape index (κ2) is 2.57. The van der Waals surface area contributed by atoms with E-state index in [0.717, 1.165) is 0 Å². The Kier molecular flexibility index (Phi) is 1.99. The Morgan fingerprint density at radius 3 is 2.38 bits per heavy atom. The van der Waals surface area contributed by atoms with Crippen molar-refractivity contribution >= 4 is 35.0 Å². The molecule has 3 heteroatoms. The lowest BCUT2D eigenvalue weighted by Gasteiger charge is -2.09. The smallest absolute Gasteiger partial charge is 0.0557 e. The summed E-state index contributed by atoms with van der Waals surface area (Å²) in [5.41, 5.74) is 0. The van der Waals surface area contributed by atoms with Gasteiger partial charge in [-0.05, 0) is 0 Å². The number of hydrogen-bond acceptors (Lipinski definition) is 2. The van der Waals surface area contributed by atoms with Crippen LogP contribution < -0.4 is 0 Å². The summed E-state index contributed by atoms with van der Waals surface area (Å²) < 4.78 is 0.532. The molecular weight excluding hydrogens is 215 g/mol. The molecule has 0 N–H and O–H groups in total. The van der Waals surface area contributed by atoms with E-state index in [9.17, 15) is 0 Å². The Labute approximate surface area is 62.2 Å². The molecule has 0 spiro atoms. The van der Waals surface area contributed by atoms with Gasteiger partial charge in [0.2, 0.25) is 0 Å². The largest absolute Gasteiger partial charge is 0.164 e. The third-order valence-electron chi connectivity index (χ3n) is 1.08. The van der Waals surface area contributed by atoms with Crippen molar-refractivity contribution in [3.8, 4) is 0 Å². The zero-order chi connectivity index (χ0) is 5.98. The summed E-state index contributed by atoms with van der Waals surface area (Å²) in [6.07, 6.45) is 3.74. The van der Waals surface area contributed by atoms with Crippen LogP contribution in [0.15, 0.2) is 10.2 Å². The van der Waals surface area contributed by atoms with Crippen LogP contribution >= 0.6 is 22.6 Å². The average Bonchev–Trinajstić information content (AvgIpc) is 1.77. The van der Waals surface area contributed by atoms with Gasteiger partial charge in [-0.25, -0.2) is 0 Å². The second-order valence-electron chi connectivity index (χ2n) is 1.83. The predicted molar refractivity (Wildman–Crippen MR) is 44.0 cm³/mol. The Balaban J connectivity index is 2.59. The first kappa shape index (κ1) is 6.19. The Bertz CT molecular complexity index is 114. The minimum Gasteiger partial charge on any atom is -0.164 e. The van der Waals surface area contributed by atoms with Gasteiger partial charge in [0.1, 0.15) is 0 Å². The molecule has 1 aliphatic heterocycles. The van der Waals surface area contributed by atoms with E-state index in [4.69, 9.17) is 0 Å².